The molecule has 0 unspecified atom stereocenters. The number of fused-ring (bicyclic) bond motifs is 1. The number of anilines is 1. The van der Waals surface area contributed by atoms with Gasteiger partial charge in [0.2, 0.25) is 0 Å². The molecule has 0 bridgehead atoms. The molecule has 1 fully saturated rings. The van der Waals surface area contributed by atoms with Gasteiger partial charge in [-0.1, -0.05) is 0 Å². The van der Waals surface area contributed by atoms with E-state index in [2.05, 4.69) is 20.3 Å². The number of nitrogens with zero attached hydrogens (tertiary/aromatic N) is 4. The Morgan fingerprint density at radius 3 is 2.80 bits per heavy atom. The first-order chi connectivity index (χ1) is 12.2. The van der Waals surface area contributed by atoms with Crippen LogP contribution >= 0.6 is 0 Å². The Kier molecular flexibility index (Phi) is 4.09. The van der Waals surface area contributed by atoms with Gasteiger partial charge in [0.1, 0.15) is 30.4 Å². The molecule has 10 nitrogen and oxygen atoms in total. The highest BCUT2D eigenvalue weighted by Gasteiger charge is 2.44. The van der Waals surface area contributed by atoms with Crippen LogP contribution in [0.25, 0.3) is 11.2 Å². The van der Waals surface area contributed by atoms with E-state index >= 15 is 0 Å². The monoisotopic (exact) mass is 347 g/mol. The van der Waals surface area contributed by atoms with Crippen molar-refractivity contribution in [3.63, 3.8) is 0 Å². The minimum Gasteiger partial charge on any atom is -0.467 e. The van der Waals surface area contributed by atoms with Gasteiger partial charge in [-0.2, -0.15) is 0 Å². The summed E-state index contributed by atoms with van der Waals surface area (Å²) in [7, 11) is 0. The maximum Gasteiger partial charge on any atom is 0.167 e. The van der Waals surface area contributed by atoms with E-state index in [1.165, 1.54) is 17.2 Å². The Morgan fingerprint density at radius 1 is 1.20 bits per heavy atom. The molecule has 0 saturated carbocycles. The summed E-state index contributed by atoms with van der Waals surface area (Å²) in [5.41, 5.74) is 0.929. The lowest BCUT2D eigenvalue weighted by molar-refractivity contribution is -0.0511. The van der Waals surface area contributed by atoms with E-state index in [9.17, 15) is 15.3 Å². The molecule has 1 aliphatic heterocycles. The van der Waals surface area contributed by atoms with Gasteiger partial charge >= 0.3 is 0 Å². The molecule has 0 amide bonds. The van der Waals surface area contributed by atoms with Crippen molar-refractivity contribution in [2.45, 2.75) is 31.1 Å². The van der Waals surface area contributed by atoms with Crippen LogP contribution in [-0.4, -0.2) is 59.8 Å². The highest BCUT2D eigenvalue weighted by atomic mass is 16.6. The average Bonchev–Trinajstić information content (AvgIpc) is 3.34. The van der Waals surface area contributed by atoms with Gasteiger partial charge in [0.25, 0.3) is 0 Å². The van der Waals surface area contributed by atoms with Gasteiger partial charge in [0.05, 0.1) is 25.7 Å². The molecule has 3 aromatic heterocycles. The fourth-order valence-corrected chi connectivity index (χ4v) is 2.86. The van der Waals surface area contributed by atoms with Gasteiger partial charge in [0.15, 0.2) is 23.2 Å². The van der Waals surface area contributed by atoms with Crippen LogP contribution in [0.3, 0.4) is 0 Å². The summed E-state index contributed by atoms with van der Waals surface area (Å²) in [6.07, 6.45) is 0.253. The molecule has 4 heterocycles. The predicted molar refractivity (Wildman–Crippen MR) is 84.4 cm³/mol. The van der Waals surface area contributed by atoms with Crippen molar-refractivity contribution in [3.8, 4) is 0 Å². The zero-order valence-electron chi connectivity index (χ0n) is 13.1. The van der Waals surface area contributed by atoms with E-state index in [-0.39, 0.29) is 0 Å². The third-order valence-corrected chi connectivity index (χ3v) is 4.16. The van der Waals surface area contributed by atoms with Gasteiger partial charge in [-0.25, -0.2) is 15.0 Å². The summed E-state index contributed by atoms with van der Waals surface area (Å²) >= 11 is 0. The van der Waals surface area contributed by atoms with Gasteiger partial charge in [-0.05, 0) is 12.1 Å². The molecular formula is C15H17N5O5. The molecule has 1 saturated heterocycles. The zero-order valence-corrected chi connectivity index (χ0v) is 13.1. The maximum atomic E-state index is 10.2. The SMILES string of the molecule is OC[C@H]1O[C@@H](n2cnc3c(NCc4ccco4)ncnc32)[C@@H](O)[C@H]1O. The highest BCUT2D eigenvalue weighted by molar-refractivity contribution is 5.82. The highest BCUT2D eigenvalue weighted by Crippen LogP contribution is 2.32. The molecule has 0 radical (unpaired) electrons. The second-order valence-electron chi connectivity index (χ2n) is 5.71. The molecule has 132 valence electrons. The zero-order chi connectivity index (χ0) is 17.4. The summed E-state index contributed by atoms with van der Waals surface area (Å²) in [6.45, 7) is 0.0338. The first-order valence-electron chi connectivity index (χ1n) is 7.75. The molecular weight excluding hydrogens is 330 g/mol. The van der Waals surface area contributed by atoms with Crippen molar-refractivity contribution in [1.29, 1.82) is 0 Å². The lowest BCUT2D eigenvalue weighted by atomic mass is 10.1. The van der Waals surface area contributed by atoms with E-state index in [0.717, 1.165) is 5.76 Å². The van der Waals surface area contributed by atoms with Crippen molar-refractivity contribution in [3.05, 3.63) is 36.8 Å². The molecule has 0 aliphatic carbocycles. The topological polar surface area (TPSA) is 139 Å². The van der Waals surface area contributed by atoms with Gasteiger partial charge in [0, 0.05) is 0 Å². The van der Waals surface area contributed by atoms with E-state index in [1.54, 1.807) is 12.3 Å². The Balaban J connectivity index is 1.63. The largest absolute Gasteiger partial charge is 0.467 e. The normalized spacial score (nSPS) is 26.4. The first kappa shape index (κ1) is 16.0. The van der Waals surface area contributed by atoms with Crippen molar-refractivity contribution in [2.24, 2.45) is 0 Å². The number of hydrogen-bond acceptors (Lipinski definition) is 9. The minimum atomic E-state index is -1.20. The Labute approximate surface area is 141 Å². The van der Waals surface area contributed by atoms with Gasteiger partial charge < -0.3 is 29.8 Å². The van der Waals surface area contributed by atoms with Crippen molar-refractivity contribution in [2.75, 3.05) is 11.9 Å². The molecule has 4 N–H and O–H groups in total. The number of furan rings is 1. The van der Waals surface area contributed by atoms with Crippen LogP contribution in [0, 0.1) is 0 Å². The summed E-state index contributed by atoms with van der Waals surface area (Å²) < 4.78 is 12.3. The van der Waals surface area contributed by atoms with E-state index < -0.39 is 31.1 Å². The minimum absolute atomic E-state index is 0.397. The third-order valence-electron chi connectivity index (χ3n) is 4.16. The molecule has 25 heavy (non-hydrogen) atoms. The third kappa shape index (κ3) is 2.74. The molecule has 4 rings (SSSR count). The number of aliphatic hydroxyl groups excluding tert-OH is 3. The summed E-state index contributed by atoms with van der Waals surface area (Å²) in [4.78, 5) is 12.7. The smallest absolute Gasteiger partial charge is 0.167 e. The number of ether oxygens (including phenoxy) is 1. The van der Waals surface area contributed by atoms with Crippen molar-refractivity contribution < 1.29 is 24.5 Å². The Morgan fingerprint density at radius 2 is 2.08 bits per heavy atom. The van der Waals surface area contributed by atoms with Crippen molar-refractivity contribution >= 4 is 17.0 Å². The Hall–Kier alpha value is -2.53. The van der Waals surface area contributed by atoms with E-state index in [4.69, 9.17) is 9.15 Å². The summed E-state index contributed by atoms with van der Waals surface area (Å²) in [5.74, 6) is 1.25. The van der Waals surface area contributed by atoms with Crippen LogP contribution in [0.2, 0.25) is 0 Å². The second kappa shape index (κ2) is 6.41. The van der Waals surface area contributed by atoms with Crippen LogP contribution < -0.4 is 5.32 Å². The van der Waals surface area contributed by atoms with Gasteiger partial charge in [-0.15, -0.1) is 0 Å². The first-order valence-corrected chi connectivity index (χ1v) is 7.75. The number of imidazole rings is 1. The fraction of sp³-hybridized carbons (Fsp3) is 0.400. The van der Waals surface area contributed by atoms with Crippen LogP contribution in [0.1, 0.15) is 12.0 Å². The van der Waals surface area contributed by atoms with Crippen LogP contribution in [0.4, 0.5) is 5.82 Å². The van der Waals surface area contributed by atoms with Crippen molar-refractivity contribution in [1.82, 2.24) is 19.5 Å². The lowest BCUT2D eigenvalue weighted by Crippen LogP contribution is -2.33. The van der Waals surface area contributed by atoms with E-state index in [1.807, 2.05) is 6.07 Å². The van der Waals surface area contributed by atoms with Crippen LogP contribution in [0.15, 0.2) is 35.5 Å². The number of aliphatic hydroxyl groups is 3. The fourth-order valence-electron chi connectivity index (χ4n) is 2.86. The molecule has 3 aromatic rings. The second-order valence-corrected chi connectivity index (χ2v) is 5.71. The summed E-state index contributed by atoms with van der Waals surface area (Å²) in [5, 5.41) is 32.4. The summed E-state index contributed by atoms with van der Waals surface area (Å²) in [6, 6.07) is 3.63. The van der Waals surface area contributed by atoms with Gasteiger partial charge in [-0.3, -0.25) is 4.57 Å². The number of nitrogens with one attached hydrogen (secondary N) is 1. The average molecular weight is 347 g/mol. The van der Waals surface area contributed by atoms with Crippen LogP contribution in [-0.2, 0) is 11.3 Å². The molecule has 0 spiro atoms. The number of hydrogen-bond donors (Lipinski definition) is 4. The Bertz CT molecular complexity index is 851. The number of rotatable bonds is 5. The molecule has 1 aliphatic rings. The molecule has 0 aromatic carbocycles. The number of aromatic nitrogens is 4. The maximum absolute atomic E-state index is 10.2. The van der Waals surface area contributed by atoms with E-state index in [0.29, 0.717) is 23.5 Å². The predicted octanol–water partition coefficient (Wildman–Crippen LogP) is -0.357. The standard InChI is InChI=1S/C15H17N5O5/c21-5-9-11(22)12(23)15(25-9)20-7-19-10-13(17-6-18-14(10)20)16-4-8-2-1-3-24-8/h1-3,6-7,9,11-12,15,21-23H,4-5H2,(H,16,17,18)/t9-,11+,12+,15-/m1/s1. The molecule has 4 atom stereocenters. The lowest BCUT2D eigenvalue weighted by Gasteiger charge is -2.16. The van der Waals surface area contributed by atoms with Crippen LogP contribution in [0.5, 0.6) is 0 Å². The quantitative estimate of drug-likeness (QED) is 0.487. The molecule has 10 heteroatoms.